The van der Waals surface area contributed by atoms with E-state index in [-0.39, 0.29) is 24.4 Å². The quantitative estimate of drug-likeness (QED) is 0.398. The minimum atomic E-state index is -0.992. The van der Waals surface area contributed by atoms with Crippen molar-refractivity contribution < 1.29 is 19.5 Å². The molecule has 3 amide bonds. The molecule has 7 nitrogen and oxygen atoms in total. The summed E-state index contributed by atoms with van der Waals surface area (Å²) in [7, 11) is 0. The standard InChI is InChI=1S/C13H17N3O4/c1-9-3-4-10(11(18)7-9)15-12(19)13(20)16(8-17)6-2-5-14/h3-4,7-8,18H,2,5-6,14H2,1H3,(H,15,19). The van der Waals surface area contributed by atoms with E-state index in [1.165, 1.54) is 12.1 Å². The number of phenolic OH excluding ortho intramolecular Hbond substituents is 1. The van der Waals surface area contributed by atoms with Crippen LogP contribution in [0.25, 0.3) is 0 Å². The van der Waals surface area contributed by atoms with Gasteiger partial charge in [0.15, 0.2) is 0 Å². The highest BCUT2D eigenvalue weighted by molar-refractivity contribution is 6.41. The number of nitrogens with two attached hydrogens (primary N) is 1. The molecule has 0 spiro atoms. The Morgan fingerprint density at radius 1 is 1.45 bits per heavy atom. The van der Waals surface area contributed by atoms with Crippen molar-refractivity contribution in [1.82, 2.24) is 4.90 Å². The number of anilines is 1. The van der Waals surface area contributed by atoms with Gasteiger partial charge in [0.2, 0.25) is 6.41 Å². The molecule has 1 aromatic rings. The summed E-state index contributed by atoms with van der Waals surface area (Å²) >= 11 is 0. The van der Waals surface area contributed by atoms with E-state index in [1.807, 2.05) is 0 Å². The summed E-state index contributed by atoms with van der Waals surface area (Å²) in [6, 6.07) is 4.60. The molecule has 1 rings (SSSR count). The molecular weight excluding hydrogens is 262 g/mol. The van der Waals surface area contributed by atoms with Gasteiger partial charge in [0.25, 0.3) is 0 Å². The molecule has 4 N–H and O–H groups in total. The largest absolute Gasteiger partial charge is 0.506 e. The molecule has 0 bridgehead atoms. The third-order valence-corrected chi connectivity index (χ3v) is 2.59. The van der Waals surface area contributed by atoms with Gasteiger partial charge in [0, 0.05) is 6.54 Å². The monoisotopic (exact) mass is 279 g/mol. The van der Waals surface area contributed by atoms with Crippen LogP contribution < -0.4 is 11.1 Å². The normalized spacial score (nSPS) is 9.90. The van der Waals surface area contributed by atoms with Gasteiger partial charge >= 0.3 is 11.8 Å². The number of imide groups is 1. The third kappa shape index (κ3) is 4.06. The summed E-state index contributed by atoms with van der Waals surface area (Å²) in [6.45, 7) is 2.15. The number of carbonyl (C=O) groups excluding carboxylic acids is 3. The van der Waals surface area contributed by atoms with Gasteiger partial charge in [0.1, 0.15) is 5.75 Å². The van der Waals surface area contributed by atoms with E-state index in [0.29, 0.717) is 13.0 Å². The predicted molar refractivity (Wildman–Crippen MR) is 72.9 cm³/mol. The maximum atomic E-state index is 11.7. The molecule has 0 unspecified atom stereocenters. The van der Waals surface area contributed by atoms with Crippen LogP contribution in [0.2, 0.25) is 0 Å². The van der Waals surface area contributed by atoms with Crippen LogP contribution in [0.4, 0.5) is 5.69 Å². The lowest BCUT2D eigenvalue weighted by atomic mass is 10.2. The minimum Gasteiger partial charge on any atom is -0.506 e. The van der Waals surface area contributed by atoms with Crippen LogP contribution in [0.5, 0.6) is 5.75 Å². The zero-order valence-corrected chi connectivity index (χ0v) is 11.1. The lowest BCUT2D eigenvalue weighted by Crippen LogP contribution is -2.39. The Morgan fingerprint density at radius 3 is 2.70 bits per heavy atom. The lowest BCUT2D eigenvalue weighted by Gasteiger charge is -2.14. The highest BCUT2D eigenvalue weighted by Crippen LogP contribution is 2.23. The van der Waals surface area contributed by atoms with Crippen molar-refractivity contribution in [3.05, 3.63) is 23.8 Å². The minimum absolute atomic E-state index is 0.0755. The number of benzene rings is 1. The zero-order chi connectivity index (χ0) is 15.1. The van der Waals surface area contributed by atoms with Gasteiger partial charge in [0.05, 0.1) is 5.69 Å². The molecule has 0 radical (unpaired) electrons. The smallest absolute Gasteiger partial charge is 0.318 e. The van der Waals surface area contributed by atoms with Gasteiger partial charge in [-0.3, -0.25) is 19.3 Å². The van der Waals surface area contributed by atoms with Crippen molar-refractivity contribution in [2.24, 2.45) is 5.73 Å². The van der Waals surface area contributed by atoms with Crippen LogP contribution in [0.1, 0.15) is 12.0 Å². The number of nitrogens with one attached hydrogen (secondary N) is 1. The second kappa shape index (κ2) is 7.25. The number of rotatable bonds is 5. The van der Waals surface area contributed by atoms with E-state index in [1.54, 1.807) is 13.0 Å². The van der Waals surface area contributed by atoms with Crippen molar-refractivity contribution in [1.29, 1.82) is 0 Å². The van der Waals surface area contributed by atoms with Gasteiger partial charge < -0.3 is 16.2 Å². The number of hydrogen-bond donors (Lipinski definition) is 3. The van der Waals surface area contributed by atoms with Crippen LogP contribution in [0.3, 0.4) is 0 Å². The number of aromatic hydroxyl groups is 1. The van der Waals surface area contributed by atoms with E-state index < -0.39 is 11.8 Å². The highest BCUT2D eigenvalue weighted by atomic mass is 16.3. The van der Waals surface area contributed by atoms with Crippen molar-refractivity contribution in [3.8, 4) is 5.75 Å². The maximum Gasteiger partial charge on any atom is 0.318 e. The van der Waals surface area contributed by atoms with Crippen LogP contribution in [-0.4, -0.2) is 41.3 Å². The number of hydrogen-bond acceptors (Lipinski definition) is 5. The fourth-order valence-electron chi connectivity index (χ4n) is 1.52. The molecule has 0 fully saturated rings. The van der Waals surface area contributed by atoms with Crippen LogP contribution in [-0.2, 0) is 14.4 Å². The van der Waals surface area contributed by atoms with Gasteiger partial charge in [-0.25, -0.2) is 0 Å². The van der Waals surface area contributed by atoms with Gasteiger partial charge in [-0.2, -0.15) is 0 Å². The van der Waals surface area contributed by atoms with Crippen LogP contribution in [0, 0.1) is 6.92 Å². The summed E-state index contributed by atoms with van der Waals surface area (Å²) in [6.07, 6.45) is 0.695. The number of aryl methyl sites for hydroxylation is 1. The molecule has 1 aromatic carbocycles. The summed E-state index contributed by atoms with van der Waals surface area (Å²) in [5, 5.41) is 11.9. The molecule has 0 aliphatic rings. The fraction of sp³-hybridized carbons (Fsp3) is 0.308. The second-order valence-electron chi connectivity index (χ2n) is 4.22. The Morgan fingerprint density at radius 2 is 2.15 bits per heavy atom. The Hall–Kier alpha value is -2.41. The molecule has 0 aromatic heterocycles. The third-order valence-electron chi connectivity index (χ3n) is 2.59. The molecular formula is C13H17N3O4. The molecule has 7 heteroatoms. The molecule has 20 heavy (non-hydrogen) atoms. The van der Waals surface area contributed by atoms with E-state index in [2.05, 4.69) is 5.32 Å². The molecule has 0 saturated carbocycles. The first kappa shape index (κ1) is 15.6. The number of phenols is 1. The van der Waals surface area contributed by atoms with Crippen molar-refractivity contribution in [3.63, 3.8) is 0 Å². The average Bonchev–Trinajstić information content (AvgIpc) is 2.42. The highest BCUT2D eigenvalue weighted by Gasteiger charge is 2.21. The Balaban J connectivity index is 2.74. The van der Waals surface area contributed by atoms with Crippen LogP contribution in [0.15, 0.2) is 18.2 Å². The Kier molecular flexibility index (Phi) is 5.67. The molecule has 0 atom stereocenters. The predicted octanol–water partition coefficient (Wildman–Crippen LogP) is -0.0271. The summed E-state index contributed by atoms with van der Waals surface area (Å²) in [4.78, 5) is 34.9. The molecule has 0 saturated heterocycles. The first-order valence-corrected chi connectivity index (χ1v) is 6.06. The Labute approximate surface area is 116 Å². The van der Waals surface area contributed by atoms with E-state index >= 15 is 0 Å². The lowest BCUT2D eigenvalue weighted by molar-refractivity contribution is -0.146. The first-order valence-electron chi connectivity index (χ1n) is 6.06. The van der Waals surface area contributed by atoms with Gasteiger partial charge in [-0.1, -0.05) is 6.07 Å². The first-order chi connectivity index (χ1) is 9.49. The number of carbonyl (C=O) groups is 3. The van der Waals surface area contributed by atoms with E-state index in [0.717, 1.165) is 10.5 Å². The van der Waals surface area contributed by atoms with Crippen LogP contribution >= 0.6 is 0 Å². The topological polar surface area (TPSA) is 113 Å². The van der Waals surface area contributed by atoms with Gasteiger partial charge in [-0.15, -0.1) is 0 Å². The summed E-state index contributed by atoms with van der Waals surface area (Å²) in [5.41, 5.74) is 6.20. The zero-order valence-electron chi connectivity index (χ0n) is 11.1. The summed E-state index contributed by atoms with van der Waals surface area (Å²) < 4.78 is 0. The number of amides is 3. The average molecular weight is 279 g/mol. The van der Waals surface area contributed by atoms with Crippen molar-refractivity contribution in [2.45, 2.75) is 13.3 Å². The van der Waals surface area contributed by atoms with Gasteiger partial charge in [-0.05, 0) is 37.6 Å². The van der Waals surface area contributed by atoms with E-state index in [9.17, 15) is 19.5 Å². The fourth-order valence-corrected chi connectivity index (χ4v) is 1.52. The molecule has 108 valence electrons. The summed E-state index contributed by atoms with van der Waals surface area (Å²) in [5.74, 6) is -2.13. The second-order valence-corrected chi connectivity index (χ2v) is 4.22. The molecule has 0 aliphatic carbocycles. The van der Waals surface area contributed by atoms with E-state index in [4.69, 9.17) is 5.73 Å². The number of nitrogens with zero attached hydrogens (tertiary/aromatic N) is 1. The maximum absolute atomic E-state index is 11.7. The van der Waals surface area contributed by atoms with Crippen molar-refractivity contribution in [2.75, 3.05) is 18.4 Å². The molecule has 0 heterocycles. The van der Waals surface area contributed by atoms with Crippen molar-refractivity contribution >= 4 is 23.9 Å². The molecule has 0 aliphatic heterocycles. The Bertz CT molecular complexity index is 516. The SMILES string of the molecule is Cc1ccc(NC(=O)C(=O)N(C=O)CCCN)c(O)c1.